The molecule has 21 heavy (non-hydrogen) atoms. The van der Waals surface area contributed by atoms with E-state index in [1.165, 1.54) is 4.90 Å². The Morgan fingerprint density at radius 1 is 1.38 bits per heavy atom. The van der Waals surface area contributed by atoms with Crippen LogP contribution in [-0.2, 0) is 0 Å². The van der Waals surface area contributed by atoms with Crippen molar-refractivity contribution >= 4 is 11.7 Å². The molecular weight excluding hydrogens is 274 g/mol. The van der Waals surface area contributed by atoms with Gasteiger partial charge in [-0.15, -0.1) is 0 Å². The molecule has 0 bridgehead atoms. The lowest BCUT2D eigenvalue weighted by Crippen LogP contribution is -2.39. The van der Waals surface area contributed by atoms with Crippen molar-refractivity contribution in [2.75, 3.05) is 26.3 Å². The Morgan fingerprint density at radius 3 is 2.76 bits per heavy atom. The van der Waals surface area contributed by atoms with Crippen molar-refractivity contribution in [3.8, 4) is 11.5 Å². The fraction of sp³-hybridized carbons (Fsp3) is 0.429. The first kappa shape index (κ1) is 15.0. The first-order valence-corrected chi connectivity index (χ1v) is 6.81. The first-order chi connectivity index (χ1) is 10.2. The lowest BCUT2D eigenvalue weighted by molar-refractivity contribution is 0.0777. The minimum atomic E-state index is -0.194. The fourth-order valence-corrected chi connectivity index (χ4v) is 2.11. The molecule has 2 rings (SSSR count). The second-order valence-electron chi connectivity index (χ2n) is 4.68. The predicted octanol–water partition coefficient (Wildman–Crippen LogP) is 1.06. The summed E-state index contributed by atoms with van der Waals surface area (Å²) in [5.41, 5.74) is 5.98. The average Bonchev–Trinajstić information content (AvgIpc) is 2.53. The molecule has 7 nitrogen and oxygen atoms in total. The number of rotatable bonds is 5. The van der Waals surface area contributed by atoms with Crippen molar-refractivity contribution in [1.29, 1.82) is 0 Å². The first-order valence-electron chi connectivity index (χ1n) is 6.81. The van der Waals surface area contributed by atoms with Crippen LogP contribution in [-0.4, -0.2) is 48.2 Å². The molecule has 114 valence electrons. The van der Waals surface area contributed by atoms with Crippen LogP contribution in [0, 0.1) is 0 Å². The number of amides is 1. The van der Waals surface area contributed by atoms with Crippen LogP contribution in [0.4, 0.5) is 0 Å². The largest absolute Gasteiger partial charge is 0.486 e. The lowest BCUT2D eigenvalue weighted by Gasteiger charge is -2.23. The van der Waals surface area contributed by atoms with Gasteiger partial charge in [-0.3, -0.25) is 4.79 Å². The molecule has 0 aliphatic carbocycles. The van der Waals surface area contributed by atoms with E-state index in [2.05, 4.69) is 5.16 Å². The van der Waals surface area contributed by atoms with Gasteiger partial charge in [0.05, 0.1) is 6.54 Å². The molecule has 3 N–H and O–H groups in total. The van der Waals surface area contributed by atoms with Crippen molar-refractivity contribution in [1.82, 2.24) is 4.90 Å². The van der Waals surface area contributed by atoms with Crippen LogP contribution in [0.3, 0.4) is 0 Å². The van der Waals surface area contributed by atoms with Gasteiger partial charge in [0.25, 0.3) is 5.91 Å². The summed E-state index contributed by atoms with van der Waals surface area (Å²) in [5.74, 6) is 0.999. The zero-order chi connectivity index (χ0) is 15.2. The Balaban J connectivity index is 2.19. The number of amidine groups is 1. The van der Waals surface area contributed by atoms with E-state index in [0.29, 0.717) is 36.8 Å². The minimum Gasteiger partial charge on any atom is -0.486 e. The zero-order valence-corrected chi connectivity index (χ0v) is 11.9. The van der Waals surface area contributed by atoms with Crippen LogP contribution >= 0.6 is 0 Å². The molecule has 1 aromatic rings. The average molecular weight is 293 g/mol. The second-order valence-corrected chi connectivity index (χ2v) is 4.68. The summed E-state index contributed by atoms with van der Waals surface area (Å²) in [7, 11) is 0. The summed E-state index contributed by atoms with van der Waals surface area (Å²) in [6.45, 7) is 3.52. The molecule has 1 aromatic carbocycles. The third kappa shape index (κ3) is 3.56. The molecular formula is C14H19N3O4. The van der Waals surface area contributed by atoms with Crippen LogP contribution in [0.1, 0.15) is 23.7 Å². The normalized spacial score (nSPS) is 13.9. The van der Waals surface area contributed by atoms with Gasteiger partial charge >= 0.3 is 0 Å². The Kier molecular flexibility index (Phi) is 4.86. The topological polar surface area (TPSA) is 97.4 Å². The molecule has 1 amide bonds. The number of nitrogens with two attached hydrogens (primary N) is 1. The van der Waals surface area contributed by atoms with Crippen molar-refractivity contribution in [2.45, 2.75) is 13.3 Å². The van der Waals surface area contributed by atoms with E-state index in [1.54, 1.807) is 18.2 Å². The van der Waals surface area contributed by atoms with Crippen LogP contribution in [0.25, 0.3) is 0 Å². The van der Waals surface area contributed by atoms with Crippen molar-refractivity contribution < 1.29 is 19.5 Å². The number of hydrogen-bond acceptors (Lipinski definition) is 5. The number of ether oxygens (including phenoxy) is 2. The van der Waals surface area contributed by atoms with Gasteiger partial charge in [-0.05, 0) is 24.6 Å². The van der Waals surface area contributed by atoms with Gasteiger partial charge < -0.3 is 25.3 Å². The summed E-state index contributed by atoms with van der Waals surface area (Å²) in [5, 5.41) is 11.6. The maximum absolute atomic E-state index is 12.5. The van der Waals surface area contributed by atoms with E-state index in [1.807, 2.05) is 6.92 Å². The number of oxime groups is 1. The van der Waals surface area contributed by atoms with E-state index in [-0.39, 0.29) is 18.3 Å². The number of hydrogen-bond donors (Lipinski definition) is 2. The summed E-state index contributed by atoms with van der Waals surface area (Å²) >= 11 is 0. The maximum atomic E-state index is 12.5. The SMILES string of the molecule is CCCN(CC(N)=NO)C(=O)c1ccc2c(c1)OCCO2. The highest BCUT2D eigenvalue weighted by atomic mass is 16.6. The number of fused-ring (bicyclic) bond motifs is 1. The summed E-state index contributed by atoms with van der Waals surface area (Å²) < 4.78 is 10.9. The number of carbonyl (C=O) groups is 1. The molecule has 7 heteroatoms. The van der Waals surface area contributed by atoms with Gasteiger partial charge in [0.15, 0.2) is 17.3 Å². The molecule has 1 aliphatic heterocycles. The van der Waals surface area contributed by atoms with Crippen LogP contribution in [0.15, 0.2) is 23.4 Å². The van der Waals surface area contributed by atoms with Crippen molar-refractivity contribution in [2.24, 2.45) is 10.9 Å². The number of carbonyl (C=O) groups excluding carboxylic acids is 1. The number of benzene rings is 1. The summed E-state index contributed by atoms with van der Waals surface area (Å²) in [4.78, 5) is 14.0. The summed E-state index contributed by atoms with van der Waals surface area (Å²) in [6.07, 6.45) is 0.773. The summed E-state index contributed by atoms with van der Waals surface area (Å²) in [6, 6.07) is 5.06. The van der Waals surface area contributed by atoms with Gasteiger partial charge in [0, 0.05) is 12.1 Å². The molecule has 1 heterocycles. The van der Waals surface area contributed by atoms with E-state index >= 15 is 0 Å². The van der Waals surface area contributed by atoms with Gasteiger partial charge in [0.1, 0.15) is 13.2 Å². The monoisotopic (exact) mass is 293 g/mol. The van der Waals surface area contributed by atoms with E-state index in [0.717, 1.165) is 6.42 Å². The predicted molar refractivity (Wildman–Crippen MR) is 77.0 cm³/mol. The highest BCUT2D eigenvalue weighted by Crippen LogP contribution is 2.31. The Labute approximate surface area is 122 Å². The van der Waals surface area contributed by atoms with E-state index in [4.69, 9.17) is 20.4 Å². The third-order valence-corrected chi connectivity index (χ3v) is 3.05. The zero-order valence-electron chi connectivity index (χ0n) is 11.9. The van der Waals surface area contributed by atoms with Crippen LogP contribution in [0.2, 0.25) is 0 Å². The molecule has 0 fully saturated rings. The van der Waals surface area contributed by atoms with E-state index < -0.39 is 0 Å². The van der Waals surface area contributed by atoms with Crippen LogP contribution in [0.5, 0.6) is 11.5 Å². The minimum absolute atomic E-state index is 0.00524. The quantitative estimate of drug-likeness (QED) is 0.366. The second kappa shape index (κ2) is 6.83. The van der Waals surface area contributed by atoms with Gasteiger partial charge in [-0.25, -0.2) is 0 Å². The highest BCUT2D eigenvalue weighted by Gasteiger charge is 2.20. The van der Waals surface area contributed by atoms with E-state index in [9.17, 15) is 4.79 Å². The molecule has 0 aromatic heterocycles. The molecule has 0 radical (unpaired) electrons. The standard InChI is InChI=1S/C14H19N3O4/c1-2-5-17(9-13(15)16-19)14(18)10-3-4-11-12(8-10)21-7-6-20-11/h3-4,8,19H,2,5-7,9H2,1H3,(H2,15,16). The third-order valence-electron chi connectivity index (χ3n) is 3.05. The van der Waals surface area contributed by atoms with Crippen molar-refractivity contribution in [3.63, 3.8) is 0 Å². The molecule has 0 unspecified atom stereocenters. The molecule has 0 saturated carbocycles. The molecule has 1 aliphatic rings. The fourth-order valence-electron chi connectivity index (χ4n) is 2.11. The molecule has 0 spiro atoms. The maximum Gasteiger partial charge on any atom is 0.254 e. The molecule has 0 atom stereocenters. The van der Waals surface area contributed by atoms with Gasteiger partial charge in [0.2, 0.25) is 0 Å². The lowest BCUT2D eigenvalue weighted by atomic mass is 10.1. The number of nitrogens with zero attached hydrogens (tertiary/aromatic N) is 2. The van der Waals surface area contributed by atoms with Crippen LogP contribution < -0.4 is 15.2 Å². The van der Waals surface area contributed by atoms with Crippen molar-refractivity contribution in [3.05, 3.63) is 23.8 Å². The highest BCUT2D eigenvalue weighted by molar-refractivity contribution is 5.97. The van der Waals surface area contributed by atoms with Gasteiger partial charge in [-0.1, -0.05) is 12.1 Å². The molecule has 0 saturated heterocycles. The Hall–Kier alpha value is -2.44. The van der Waals surface area contributed by atoms with Gasteiger partial charge in [-0.2, -0.15) is 0 Å². The Morgan fingerprint density at radius 2 is 2.10 bits per heavy atom. The smallest absolute Gasteiger partial charge is 0.254 e. The Bertz CT molecular complexity index is 545.